The summed E-state index contributed by atoms with van der Waals surface area (Å²) in [5.41, 5.74) is 1.72. The van der Waals surface area contributed by atoms with Crippen molar-refractivity contribution in [3.63, 3.8) is 0 Å². The molecule has 1 aliphatic rings. The van der Waals surface area contributed by atoms with Gasteiger partial charge < -0.3 is 14.4 Å². The van der Waals surface area contributed by atoms with Crippen molar-refractivity contribution in [2.24, 2.45) is 17.0 Å². The monoisotopic (exact) mass is 478 g/mol. The van der Waals surface area contributed by atoms with E-state index in [9.17, 15) is 0 Å². The second-order valence-corrected chi connectivity index (χ2v) is 7.58. The van der Waals surface area contributed by atoms with Crippen molar-refractivity contribution in [3.8, 4) is 22.8 Å². The molecule has 0 bridgehead atoms. The lowest BCUT2D eigenvalue weighted by Crippen LogP contribution is -2.27. The van der Waals surface area contributed by atoms with Gasteiger partial charge in [0.25, 0.3) is 0 Å². The van der Waals surface area contributed by atoms with Crippen molar-refractivity contribution in [2.45, 2.75) is 0 Å². The molecule has 4 heterocycles. The van der Waals surface area contributed by atoms with Gasteiger partial charge in [0, 0.05) is 31.1 Å². The molecule has 5 rings (SSSR count). The van der Waals surface area contributed by atoms with Gasteiger partial charge in [-0.05, 0) is 12.1 Å². The fraction of sp³-hybridized carbons (Fsp3) is 0.217. The molecule has 0 unspecified atom stereocenters. The van der Waals surface area contributed by atoms with Crippen LogP contribution in [0.2, 0.25) is 0 Å². The van der Waals surface area contributed by atoms with Gasteiger partial charge in [-0.2, -0.15) is 5.10 Å². The molecule has 10 nitrogen and oxygen atoms in total. The molecule has 3 aromatic heterocycles. The molecule has 0 saturated carbocycles. The number of methoxy groups -OCH3 is 2. The number of aromatic nitrogens is 5. The SMILES string of the molecule is COc1cc(OC)c(F)c(N(CC2=NCC=N2)c2ccc3ncc(-c4cnn(C)c4)nc3n2)c1F. The second-order valence-electron chi connectivity index (χ2n) is 7.58. The number of hydrogen-bond acceptors (Lipinski definition) is 9. The summed E-state index contributed by atoms with van der Waals surface area (Å²) in [4.78, 5) is 23.4. The van der Waals surface area contributed by atoms with Crippen LogP contribution in [0.5, 0.6) is 11.5 Å². The van der Waals surface area contributed by atoms with E-state index in [2.05, 4.69) is 30.0 Å². The van der Waals surface area contributed by atoms with Gasteiger partial charge in [-0.15, -0.1) is 0 Å². The van der Waals surface area contributed by atoms with Gasteiger partial charge >= 0.3 is 0 Å². The highest BCUT2D eigenvalue weighted by molar-refractivity contribution is 5.98. The van der Waals surface area contributed by atoms with Crippen molar-refractivity contribution >= 4 is 34.7 Å². The summed E-state index contributed by atoms with van der Waals surface area (Å²) in [5, 5.41) is 4.15. The third-order valence-electron chi connectivity index (χ3n) is 5.38. The molecule has 0 radical (unpaired) electrons. The molecule has 35 heavy (non-hydrogen) atoms. The molecule has 4 aromatic rings. The Bertz CT molecular complexity index is 1460. The highest BCUT2D eigenvalue weighted by Gasteiger charge is 2.28. The largest absolute Gasteiger partial charge is 0.493 e. The van der Waals surface area contributed by atoms with E-state index in [1.54, 1.807) is 48.7 Å². The fourth-order valence-electron chi connectivity index (χ4n) is 3.68. The number of benzene rings is 1. The number of nitrogens with zero attached hydrogens (tertiary/aromatic N) is 8. The average Bonchev–Trinajstić information content (AvgIpc) is 3.55. The van der Waals surface area contributed by atoms with Gasteiger partial charge in [-0.25, -0.2) is 23.7 Å². The minimum Gasteiger partial charge on any atom is -0.493 e. The zero-order valence-corrected chi connectivity index (χ0v) is 19.1. The minimum absolute atomic E-state index is 0.0467. The molecule has 0 spiro atoms. The zero-order valence-electron chi connectivity index (χ0n) is 19.1. The van der Waals surface area contributed by atoms with Gasteiger partial charge in [0.1, 0.15) is 22.9 Å². The number of fused-ring (bicyclic) bond motifs is 1. The molecule has 0 fully saturated rings. The van der Waals surface area contributed by atoms with Crippen LogP contribution < -0.4 is 14.4 Å². The van der Waals surface area contributed by atoms with Gasteiger partial charge in [-0.1, -0.05) is 0 Å². The lowest BCUT2D eigenvalue weighted by atomic mass is 10.2. The number of anilines is 2. The van der Waals surface area contributed by atoms with Crippen LogP contribution in [-0.4, -0.2) is 64.1 Å². The lowest BCUT2D eigenvalue weighted by Gasteiger charge is -2.25. The van der Waals surface area contributed by atoms with Gasteiger partial charge in [0.15, 0.2) is 28.8 Å². The number of pyridine rings is 1. The first-order valence-corrected chi connectivity index (χ1v) is 10.5. The van der Waals surface area contributed by atoms with Gasteiger partial charge in [-0.3, -0.25) is 14.7 Å². The molecule has 0 N–H and O–H groups in total. The Morgan fingerprint density at radius 1 is 1.06 bits per heavy atom. The normalized spacial score (nSPS) is 12.8. The number of halogens is 2. The predicted molar refractivity (Wildman–Crippen MR) is 127 cm³/mol. The molecule has 0 saturated heterocycles. The van der Waals surface area contributed by atoms with Gasteiger partial charge in [0.05, 0.1) is 45.4 Å². The van der Waals surface area contributed by atoms with Crippen LogP contribution in [0.4, 0.5) is 20.3 Å². The molecular formula is C23H20F2N8O2. The highest BCUT2D eigenvalue weighted by Crippen LogP contribution is 2.40. The maximum atomic E-state index is 15.5. The standard InChI is InChI=1S/C23H20F2N8O2/c1-32-11-13(9-29-32)15-10-28-14-4-5-19(31-23(14)30-15)33(12-18-26-6-7-27-18)22-20(24)16(34-2)8-17(35-3)21(22)25/h4-6,8-11H,7,12H2,1-3H3. The quantitative estimate of drug-likeness (QED) is 0.401. The number of ether oxygens (including phenoxy) is 2. The second kappa shape index (κ2) is 9.05. The topological polar surface area (TPSA) is 103 Å². The number of amidine groups is 1. The Hall–Kier alpha value is -4.48. The minimum atomic E-state index is -0.912. The van der Waals surface area contributed by atoms with Crippen LogP contribution in [0.3, 0.4) is 0 Å². The van der Waals surface area contributed by atoms with Crippen LogP contribution in [0.25, 0.3) is 22.4 Å². The van der Waals surface area contributed by atoms with E-state index in [0.29, 0.717) is 29.2 Å². The molecule has 1 aromatic carbocycles. The van der Waals surface area contributed by atoms with Crippen LogP contribution in [-0.2, 0) is 7.05 Å². The summed E-state index contributed by atoms with van der Waals surface area (Å²) in [6.07, 6.45) is 6.70. The van der Waals surface area contributed by atoms with E-state index in [4.69, 9.17) is 9.47 Å². The van der Waals surface area contributed by atoms with E-state index < -0.39 is 17.3 Å². The Balaban J connectivity index is 1.67. The number of aryl methyl sites for hydroxylation is 1. The summed E-state index contributed by atoms with van der Waals surface area (Å²) >= 11 is 0. The molecule has 0 aliphatic carbocycles. The maximum Gasteiger partial charge on any atom is 0.191 e. The van der Waals surface area contributed by atoms with Crippen molar-refractivity contribution in [3.05, 3.63) is 48.4 Å². The lowest BCUT2D eigenvalue weighted by molar-refractivity contribution is 0.359. The van der Waals surface area contributed by atoms with Crippen LogP contribution in [0.15, 0.2) is 46.8 Å². The van der Waals surface area contributed by atoms with Crippen molar-refractivity contribution in [1.29, 1.82) is 0 Å². The van der Waals surface area contributed by atoms with Crippen LogP contribution in [0.1, 0.15) is 0 Å². The van der Waals surface area contributed by atoms with Crippen molar-refractivity contribution in [2.75, 3.05) is 32.2 Å². The van der Waals surface area contributed by atoms with E-state index >= 15 is 8.78 Å². The molecule has 12 heteroatoms. The van der Waals surface area contributed by atoms with E-state index in [1.807, 2.05) is 0 Å². The summed E-state index contributed by atoms with van der Waals surface area (Å²) in [7, 11) is 4.38. The highest BCUT2D eigenvalue weighted by atomic mass is 19.1. The average molecular weight is 478 g/mol. The van der Waals surface area contributed by atoms with Crippen LogP contribution >= 0.6 is 0 Å². The molecule has 0 amide bonds. The number of rotatable bonds is 7. The maximum absolute atomic E-state index is 15.5. The van der Waals surface area contributed by atoms with Crippen LogP contribution in [0, 0.1) is 11.6 Å². The molecule has 178 valence electrons. The fourth-order valence-corrected chi connectivity index (χ4v) is 3.68. The zero-order chi connectivity index (χ0) is 24.5. The van der Waals surface area contributed by atoms with Crippen molar-refractivity contribution < 1.29 is 18.3 Å². The smallest absolute Gasteiger partial charge is 0.191 e. The summed E-state index contributed by atoms with van der Waals surface area (Å²) in [5.74, 6) is -1.58. The molecule has 1 aliphatic heterocycles. The number of hydrogen-bond donors (Lipinski definition) is 0. The Morgan fingerprint density at radius 3 is 2.46 bits per heavy atom. The first-order valence-electron chi connectivity index (χ1n) is 10.5. The Morgan fingerprint density at radius 2 is 1.83 bits per heavy atom. The summed E-state index contributed by atoms with van der Waals surface area (Å²) in [6.45, 7) is 0.343. The summed E-state index contributed by atoms with van der Waals surface area (Å²) < 4.78 is 42.8. The molecular weight excluding hydrogens is 458 g/mol. The third-order valence-corrected chi connectivity index (χ3v) is 5.38. The van der Waals surface area contributed by atoms with E-state index in [-0.39, 0.29) is 23.9 Å². The molecule has 0 atom stereocenters. The Kier molecular flexibility index (Phi) is 5.77. The third kappa shape index (κ3) is 4.14. The Labute approximate surface area is 198 Å². The predicted octanol–water partition coefficient (Wildman–Crippen LogP) is 3.34. The van der Waals surface area contributed by atoms with E-state index in [0.717, 1.165) is 11.6 Å². The first-order chi connectivity index (χ1) is 17.0. The summed E-state index contributed by atoms with van der Waals surface area (Å²) in [6, 6.07) is 4.43. The first kappa shape index (κ1) is 22.3. The van der Waals surface area contributed by atoms with Gasteiger partial charge in [0.2, 0.25) is 0 Å². The number of aliphatic imine (C=N–C) groups is 2. The van der Waals surface area contributed by atoms with E-state index in [1.165, 1.54) is 19.1 Å². The van der Waals surface area contributed by atoms with Crippen molar-refractivity contribution in [1.82, 2.24) is 24.7 Å².